The van der Waals surface area contributed by atoms with E-state index in [-0.39, 0.29) is 6.61 Å². The van der Waals surface area contributed by atoms with E-state index >= 15 is 0 Å². The fourth-order valence-electron chi connectivity index (χ4n) is 2.13. The number of fused-ring (bicyclic) bond motifs is 1. The molecule has 0 fully saturated rings. The second kappa shape index (κ2) is 7.56. The third-order valence-corrected chi connectivity index (χ3v) is 3.24. The van der Waals surface area contributed by atoms with Crippen molar-refractivity contribution in [3.8, 4) is 5.75 Å². The van der Waals surface area contributed by atoms with Crippen LogP contribution >= 0.6 is 11.6 Å². The Morgan fingerprint density at radius 1 is 1.38 bits per heavy atom. The van der Waals surface area contributed by atoms with Gasteiger partial charge in [0.2, 0.25) is 0 Å². The van der Waals surface area contributed by atoms with Crippen molar-refractivity contribution >= 4 is 22.6 Å². The number of aromatic nitrogens is 2. The molecular weight excluding hydrogens is 302 g/mol. The first-order chi connectivity index (χ1) is 10.2. The Bertz CT molecular complexity index is 590. The molecule has 4 nitrogen and oxygen atoms in total. The number of benzene rings is 1. The van der Waals surface area contributed by atoms with Gasteiger partial charge >= 0.3 is 0 Å². The molecule has 2 rings (SSSR count). The van der Waals surface area contributed by atoms with E-state index in [2.05, 4.69) is 4.98 Å². The molecule has 0 spiro atoms. The molecule has 0 aliphatic carbocycles. The molecule has 0 atom stereocenters. The van der Waals surface area contributed by atoms with Crippen molar-refractivity contribution in [1.82, 2.24) is 9.55 Å². The summed E-state index contributed by atoms with van der Waals surface area (Å²) in [4.78, 5) is 4.51. The quantitative estimate of drug-likeness (QED) is 0.554. The van der Waals surface area contributed by atoms with Crippen molar-refractivity contribution in [3.63, 3.8) is 0 Å². The smallest absolute Gasteiger partial charge is 0.261 e. The van der Waals surface area contributed by atoms with E-state index in [9.17, 15) is 8.78 Å². The standard InChI is InChI=1S/C14H17ClF2N2O2/c1-20-10-2-3-11-12(8-10)19(14(18-11)4-5-15)6-7-21-9-13(16)17/h2-3,8,13H,4-7,9H2,1H3. The van der Waals surface area contributed by atoms with Crippen LogP contribution in [0.15, 0.2) is 18.2 Å². The van der Waals surface area contributed by atoms with E-state index in [1.807, 2.05) is 22.8 Å². The molecule has 0 radical (unpaired) electrons. The van der Waals surface area contributed by atoms with E-state index in [4.69, 9.17) is 21.1 Å². The number of aryl methyl sites for hydroxylation is 1. The summed E-state index contributed by atoms with van der Waals surface area (Å²) in [6, 6.07) is 5.56. The monoisotopic (exact) mass is 318 g/mol. The SMILES string of the molecule is COc1ccc2nc(CCCl)n(CCOCC(F)F)c2c1. The molecule has 1 heterocycles. The number of hydrogen-bond acceptors (Lipinski definition) is 3. The van der Waals surface area contributed by atoms with Crippen LogP contribution in [0.25, 0.3) is 11.0 Å². The van der Waals surface area contributed by atoms with E-state index in [1.54, 1.807) is 7.11 Å². The first kappa shape index (κ1) is 16.0. The van der Waals surface area contributed by atoms with Crippen LogP contribution in [-0.2, 0) is 17.7 Å². The Kier molecular flexibility index (Phi) is 5.76. The molecule has 0 bridgehead atoms. The fourth-order valence-corrected chi connectivity index (χ4v) is 2.30. The minimum Gasteiger partial charge on any atom is -0.497 e. The van der Waals surface area contributed by atoms with Crippen molar-refractivity contribution in [1.29, 1.82) is 0 Å². The lowest BCUT2D eigenvalue weighted by molar-refractivity contribution is 0.0148. The van der Waals surface area contributed by atoms with E-state index in [0.717, 1.165) is 22.6 Å². The summed E-state index contributed by atoms with van der Waals surface area (Å²) in [7, 11) is 1.59. The fraction of sp³-hybridized carbons (Fsp3) is 0.500. The van der Waals surface area contributed by atoms with Crippen LogP contribution in [0, 0.1) is 0 Å². The van der Waals surface area contributed by atoms with Gasteiger partial charge in [-0.2, -0.15) is 0 Å². The van der Waals surface area contributed by atoms with Crippen molar-refractivity contribution in [2.45, 2.75) is 19.4 Å². The minimum absolute atomic E-state index is 0.197. The summed E-state index contributed by atoms with van der Waals surface area (Å²) in [5, 5.41) is 0. The van der Waals surface area contributed by atoms with Gasteiger partial charge in [0, 0.05) is 24.9 Å². The van der Waals surface area contributed by atoms with Crippen molar-refractivity contribution < 1.29 is 18.3 Å². The lowest BCUT2D eigenvalue weighted by atomic mass is 10.3. The number of alkyl halides is 3. The Labute approximate surface area is 126 Å². The highest BCUT2D eigenvalue weighted by molar-refractivity contribution is 6.17. The third-order valence-electron chi connectivity index (χ3n) is 3.06. The number of nitrogens with zero attached hydrogens (tertiary/aromatic N) is 2. The van der Waals surface area contributed by atoms with Gasteiger partial charge in [-0.25, -0.2) is 13.8 Å². The summed E-state index contributed by atoms with van der Waals surface area (Å²) in [5.41, 5.74) is 1.71. The maximum atomic E-state index is 12.1. The predicted molar refractivity (Wildman–Crippen MR) is 77.5 cm³/mol. The van der Waals surface area contributed by atoms with Crippen LogP contribution in [0.1, 0.15) is 5.82 Å². The summed E-state index contributed by atoms with van der Waals surface area (Å²) in [6.07, 6.45) is -1.85. The topological polar surface area (TPSA) is 36.3 Å². The zero-order valence-electron chi connectivity index (χ0n) is 11.7. The first-order valence-electron chi connectivity index (χ1n) is 6.60. The van der Waals surface area contributed by atoms with Gasteiger partial charge in [-0.05, 0) is 12.1 Å². The number of rotatable bonds is 8. The van der Waals surface area contributed by atoms with Gasteiger partial charge in [0.15, 0.2) is 0 Å². The average molecular weight is 319 g/mol. The normalized spacial score (nSPS) is 11.5. The highest BCUT2D eigenvalue weighted by atomic mass is 35.5. The van der Waals surface area contributed by atoms with Gasteiger partial charge in [0.1, 0.15) is 18.2 Å². The van der Waals surface area contributed by atoms with Crippen LogP contribution in [0.2, 0.25) is 0 Å². The zero-order valence-corrected chi connectivity index (χ0v) is 12.4. The minimum atomic E-state index is -2.45. The highest BCUT2D eigenvalue weighted by Gasteiger charge is 2.11. The Balaban J connectivity index is 2.22. The average Bonchev–Trinajstić information content (AvgIpc) is 2.80. The molecule has 21 heavy (non-hydrogen) atoms. The van der Waals surface area contributed by atoms with Crippen LogP contribution in [0.5, 0.6) is 5.75 Å². The molecule has 116 valence electrons. The predicted octanol–water partition coefficient (Wildman–Crippen LogP) is 3.11. The van der Waals surface area contributed by atoms with Gasteiger partial charge < -0.3 is 14.0 Å². The van der Waals surface area contributed by atoms with Crippen molar-refractivity contribution in [2.24, 2.45) is 0 Å². The number of imidazole rings is 1. The molecule has 0 saturated carbocycles. The lowest BCUT2D eigenvalue weighted by Gasteiger charge is -2.09. The first-order valence-corrected chi connectivity index (χ1v) is 7.14. The number of methoxy groups -OCH3 is 1. The van der Waals surface area contributed by atoms with Gasteiger partial charge in [-0.15, -0.1) is 11.6 Å². The van der Waals surface area contributed by atoms with E-state index < -0.39 is 13.0 Å². The van der Waals surface area contributed by atoms with Crippen LogP contribution in [-0.4, -0.2) is 42.2 Å². The summed E-state index contributed by atoms with van der Waals surface area (Å²) in [5.74, 6) is 1.97. The van der Waals surface area contributed by atoms with Gasteiger partial charge in [-0.1, -0.05) is 0 Å². The Hall–Kier alpha value is -1.40. The molecule has 1 aromatic carbocycles. The second-order valence-corrected chi connectivity index (χ2v) is 4.82. The molecule has 0 N–H and O–H groups in total. The number of halogens is 3. The Morgan fingerprint density at radius 3 is 2.86 bits per heavy atom. The Morgan fingerprint density at radius 2 is 2.19 bits per heavy atom. The third kappa shape index (κ3) is 4.04. The summed E-state index contributed by atoms with van der Waals surface area (Å²) in [6.45, 7) is 0.0890. The van der Waals surface area contributed by atoms with Crippen LogP contribution in [0.4, 0.5) is 8.78 Å². The largest absolute Gasteiger partial charge is 0.497 e. The second-order valence-electron chi connectivity index (χ2n) is 4.44. The van der Waals surface area contributed by atoms with Crippen LogP contribution < -0.4 is 4.74 Å². The van der Waals surface area contributed by atoms with Crippen molar-refractivity contribution in [2.75, 3.05) is 26.2 Å². The summed E-state index contributed by atoms with van der Waals surface area (Å²) < 4.78 is 36.2. The molecule has 2 aromatic rings. The molecule has 1 aromatic heterocycles. The zero-order chi connectivity index (χ0) is 15.2. The molecule has 0 aliphatic rings. The van der Waals surface area contributed by atoms with Crippen LogP contribution in [0.3, 0.4) is 0 Å². The lowest BCUT2D eigenvalue weighted by Crippen LogP contribution is -2.13. The molecule has 0 aliphatic heterocycles. The highest BCUT2D eigenvalue weighted by Crippen LogP contribution is 2.22. The molecule has 0 saturated heterocycles. The van der Waals surface area contributed by atoms with Crippen molar-refractivity contribution in [3.05, 3.63) is 24.0 Å². The van der Waals surface area contributed by atoms with Gasteiger partial charge in [-0.3, -0.25) is 0 Å². The molecular formula is C14H17ClF2N2O2. The van der Waals surface area contributed by atoms with E-state index in [0.29, 0.717) is 18.8 Å². The van der Waals surface area contributed by atoms with E-state index in [1.165, 1.54) is 0 Å². The number of ether oxygens (including phenoxy) is 2. The maximum absolute atomic E-state index is 12.1. The molecule has 0 unspecified atom stereocenters. The molecule has 0 amide bonds. The maximum Gasteiger partial charge on any atom is 0.261 e. The van der Waals surface area contributed by atoms with Gasteiger partial charge in [0.05, 0.1) is 24.8 Å². The number of hydrogen-bond donors (Lipinski definition) is 0. The van der Waals surface area contributed by atoms with Gasteiger partial charge in [0.25, 0.3) is 6.43 Å². The molecule has 7 heteroatoms. The summed E-state index contributed by atoms with van der Waals surface area (Å²) >= 11 is 5.79.